The summed E-state index contributed by atoms with van der Waals surface area (Å²) in [7, 11) is 0. The summed E-state index contributed by atoms with van der Waals surface area (Å²) >= 11 is 0. The highest BCUT2D eigenvalue weighted by molar-refractivity contribution is 5.69. The van der Waals surface area contributed by atoms with Crippen molar-refractivity contribution in [2.45, 2.75) is 52.9 Å². The molecule has 1 rings (SSSR count). The molecule has 0 bridgehead atoms. The lowest BCUT2D eigenvalue weighted by molar-refractivity contribution is -0.142. The lowest BCUT2D eigenvalue weighted by Crippen LogP contribution is -2.22. The Labute approximate surface area is 135 Å². The Kier molecular flexibility index (Phi) is 7.37. The van der Waals surface area contributed by atoms with Crippen molar-refractivity contribution >= 4 is 5.97 Å². The first kappa shape index (κ1) is 18.5. The lowest BCUT2D eigenvalue weighted by Gasteiger charge is -2.28. The maximum absolute atomic E-state index is 11.6. The van der Waals surface area contributed by atoms with Gasteiger partial charge in [-0.1, -0.05) is 63.6 Å². The Bertz CT molecular complexity index is 462. The van der Waals surface area contributed by atoms with E-state index in [0.717, 1.165) is 25.7 Å². The molecule has 0 aliphatic rings. The molecule has 22 heavy (non-hydrogen) atoms. The van der Waals surface area contributed by atoms with Crippen LogP contribution in [0.3, 0.4) is 0 Å². The normalized spacial score (nSPS) is 14.3. The Hall–Kier alpha value is -1.57. The summed E-state index contributed by atoms with van der Waals surface area (Å²) in [6, 6.07) is 10.1. The molecule has 0 aliphatic heterocycles. The van der Waals surface area contributed by atoms with Gasteiger partial charge in [0.25, 0.3) is 0 Å². The summed E-state index contributed by atoms with van der Waals surface area (Å²) < 4.78 is 0. The highest BCUT2D eigenvalue weighted by Gasteiger charge is 2.25. The predicted molar refractivity (Wildman–Crippen MR) is 92.9 cm³/mol. The molecule has 1 aromatic rings. The molecule has 0 aliphatic carbocycles. The average Bonchev–Trinajstić information content (AvgIpc) is 2.50. The SMILES string of the molecule is C=CC(C)(C)CC(CC)C[C@@H](CCc1ccccc1)C(=O)O. The molecule has 1 N–H and O–H groups in total. The number of carboxylic acid groups (broad SMARTS) is 1. The van der Waals surface area contributed by atoms with E-state index in [2.05, 4.69) is 39.5 Å². The highest BCUT2D eigenvalue weighted by Crippen LogP contribution is 2.32. The first-order chi connectivity index (χ1) is 10.4. The molecule has 1 aromatic carbocycles. The fraction of sp³-hybridized carbons (Fsp3) is 0.550. The van der Waals surface area contributed by atoms with Crippen LogP contribution < -0.4 is 0 Å². The molecule has 0 aromatic heterocycles. The topological polar surface area (TPSA) is 37.3 Å². The summed E-state index contributed by atoms with van der Waals surface area (Å²) in [5, 5.41) is 9.53. The number of carbonyl (C=O) groups is 1. The third-order valence-electron chi connectivity index (χ3n) is 4.54. The van der Waals surface area contributed by atoms with Crippen LogP contribution in [0.1, 0.15) is 52.0 Å². The van der Waals surface area contributed by atoms with Crippen molar-refractivity contribution < 1.29 is 9.90 Å². The predicted octanol–water partition coefficient (Wildman–Crippen LogP) is 5.34. The first-order valence-electron chi connectivity index (χ1n) is 8.28. The van der Waals surface area contributed by atoms with Gasteiger partial charge in [0.1, 0.15) is 0 Å². The number of hydrogen-bond acceptors (Lipinski definition) is 1. The monoisotopic (exact) mass is 302 g/mol. The van der Waals surface area contributed by atoms with E-state index in [9.17, 15) is 9.90 Å². The summed E-state index contributed by atoms with van der Waals surface area (Å²) in [5.41, 5.74) is 1.29. The van der Waals surface area contributed by atoms with E-state index in [0.29, 0.717) is 12.3 Å². The van der Waals surface area contributed by atoms with Gasteiger partial charge in [0, 0.05) is 0 Å². The van der Waals surface area contributed by atoms with Gasteiger partial charge in [-0.3, -0.25) is 4.79 Å². The molecule has 0 fully saturated rings. The third-order valence-corrected chi connectivity index (χ3v) is 4.54. The number of aliphatic carboxylic acids is 1. The van der Waals surface area contributed by atoms with Crippen molar-refractivity contribution in [3.63, 3.8) is 0 Å². The van der Waals surface area contributed by atoms with E-state index < -0.39 is 5.97 Å². The van der Waals surface area contributed by atoms with Crippen molar-refractivity contribution in [1.82, 2.24) is 0 Å². The van der Waals surface area contributed by atoms with Crippen LogP contribution in [0.5, 0.6) is 0 Å². The molecule has 2 atom stereocenters. The van der Waals surface area contributed by atoms with Crippen LogP contribution in [-0.2, 0) is 11.2 Å². The molecule has 0 radical (unpaired) electrons. The lowest BCUT2D eigenvalue weighted by atomic mass is 9.77. The Morgan fingerprint density at radius 1 is 1.32 bits per heavy atom. The quantitative estimate of drug-likeness (QED) is 0.592. The van der Waals surface area contributed by atoms with E-state index in [4.69, 9.17) is 0 Å². The van der Waals surface area contributed by atoms with Crippen LogP contribution in [0.25, 0.3) is 0 Å². The van der Waals surface area contributed by atoms with Crippen LogP contribution >= 0.6 is 0 Å². The number of rotatable bonds is 10. The summed E-state index contributed by atoms with van der Waals surface area (Å²) in [6.45, 7) is 10.4. The van der Waals surface area contributed by atoms with E-state index in [1.54, 1.807) is 0 Å². The molecule has 2 heteroatoms. The third kappa shape index (κ3) is 6.46. The van der Waals surface area contributed by atoms with Gasteiger partial charge >= 0.3 is 5.97 Å². The van der Waals surface area contributed by atoms with E-state index >= 15 is 0 Å². The minimum atomic E-state index is -0.661. The van der Waals surface area contributed by atoms with Gasteiger partial charge < -0.3 is 5.11 Å². The molecule has 2 nitrogen and oxygen atoms in total. The maximum Gasteiger partial charge on any atom is 0.306 e. The number of benzene rings is 1. The summed E-state index contributed by atoms with van der Waals surface area (Å²) in [6.07, 6.45) is 6.31. The van der Waals surface area contributed by atoms with Gasteiger partial charge in [0.2, 0.25) is 0 Å². The molecule has 0 spiro atoms. The van der Waals surface area contributed by atoms with Crippen LogP contribution in [0.15, 0.2) is 43.0 Å². The van der Waals surface area contributed by atoms with Crippen molar-refractivity contribution in [1.29, 1.82) is 0 Å². The van der Waals surface area contributed by atoms with Gasteiger partial charge in [0.15, 0.2) is 0 Å². The van der Waals surface area contributed by atoms with Crippen LogP contribution in [0, 0.1) is 17.3 Å². The zero-order valence-corrected chi connectivity index (χ0v) is 14.2. The molecule has 0 heterocycles. The van der Waals surface area contributed by atoms with E-state index in [1.807, 2.05) is 24.3 Å². The molecule has 0 saturated heterocycles. The average molecular weight is 302 g/mol. The summed E-state index contributed by atoms with van der Waals surface area (Å²) in [4.78, 5) is 11.6. The molecular formula is C20H30O2. The second kappa shape index (κ2) is 8.77. The van der Waals surface area contributed by atoms with Crippen LogP contribution in [0.4, 0.5) is 0 Å². The minimum absolute atomic E-state index is 0.0726. The zero-order chi connectivity index (χ0) is 16.6. The maximum atomic E-state index is 11.6. The van der Waals surface area contributed by atoms with E-state index in [1.165, 1.54) is 5.56 Å². The van der Waals surface area contributed by atoms with Gasteiger partial charge in [-0.05, 0) is 42.6 Å². The molecule has 0 saturated carbocycles. The van der Waals surface area contributed by atoms with Gasteiger partial charge in [-0.25, -0.2) is 0 Å². The van der Waals surface area contributed by atoms with Gasteiger partial charge in [-0.2, -0.15) is 0 Å². The fourth-order valence-electron chi connectivity index (χ4n) is 2.95. The number of hydrogen-bond donors (Lipinski definition) is 1. The molecular weight excluding hydrogens is 272 g/mol. The smallest absolute Gasteiger partial charge is 0.306 e. The van der Waals surface area contributed by atoms with Crippen molar-refractivity contribution in [2.24, 2.45) is 17.3 Å². The summed E-state index contributed by atoms with van der Waals surface area (Å²) in [5.74, 6) is -0.485. The van der Waals surface area contributed by atoms with Gasteiger partial charge in [0.05, 0.1) is 5.92 Å². The zero-order valence-electron chi connectivity index (χ0n) is 14.2. The fourth-order valence-corrected chi connectivity index (χ4v) is 2.95. The van der Waals surface area contributed by atoms with Crippen LogP contribution in [0.2, 0.25) is 0 Å². The van der Waals surface area contributed by atoms with Crippen molar-refractivity contribution in [3.05, 3.63) is 48.6 Å². The highest BCUT2D eigenvalue weighted by atomic mass is 16.4. The van der Waals surface area contributed by atoms with E-state index in [-0.39, 0.29) is 11.3 Å². The largest absolute Gasteiger partial charge is 0.481 e. The molecule has 0 amide bonds. The Morgan fingerprint density at radius 2 is 1.95 bits per heavy atom. The Balaban J connectivity index is 2.62. The number of carboxylic acids is 1. The second-order valence-corrected chi connectivity index (χ2v) is 6.97. The second-order valence-electron chi connectivity index (χ2n) is 6.97. The molecule has 1 unspecified atom stereocenters. The standard InChI is InChI=1S/C20H30O2/c1-5-16(15-20(3,4)6-2)14-18(19(21)22)13-12-17-10-8-7-9-11-17/h6-11,16,18H,2,5,12-15H2,1,3-4H3,(H,21,22)/t16?,18-/m1/s1. The Morgan fingerprint density at radius 3 is 2.45 bits per heavy atom. The number of allylic oxidation sites excluding steroid dienone is 1. The van der Waals surface area contributed by atoms with Crippen molar-refractivity contribution in [2.75, 3.05) is 0 Å². The minimum Gasteiger partial charge on any atom is -0.481 e. The van der Waals surface area contributed by atoms with Gasteiger partial charge in [-0.15, -0.1) is 6.58 Å². The number of aryl methyl sites for hydroxylation is 1. The first-order valence-corrected chi connectivity index (χ1v) is 8.28. The van der Waals surface area contributed by atoms with Crippen molar-refractivity contribution in [3.8, 4) is 0 Å². The molecule has 122 valence electrons. The van der Waals surface area contributed by atoms with Crippen LogP contribution in [-0.4, -0.2) is 11.1 Å².